The van der Waals surface area contributed by atoms with Gasteiger partial charge in [0, 0.05) is 18.3 Å². The van der Waals surface area contributed by atoms with E-state index in [-0.39, 0.29) is 0 Å². The third-order valence-electron chi connectivity index (χ3n) is 3.38. The number of hydrogen-bond acceptors (Lipinski definition) is 4. The van der Waals surface area contributed by atoms with Crippen LogP contribution in [-0.4, -0.2) is 21.8 Å². The van der Waals surface area contributed by atoms with Gasteiger partial charge in [-0.25, -0.2) is 4.98 Å². The second kappa shape index (κ2) is 5.83. The maximum absolute atomic E-state index is 5.64. The standard InChI is InChI=1S/C16H18N4O/c1-3-21-14-7-5-4-6-12(14)10-18-16-15-11(2)19-20-13(15)8-9-17-16/h4-9H,3,10H2,1-2H3,(H,17,18)(H,19,20). The van der Waals surface area contributed by atoms with Crippen LogP contribution < -0.4 is 10.1 Å². The molecular weight excluding hydrogens is 264 g/mol. The lowest BCUT2D eigenvalue weighted by molar-refractivity contribution is 0.337. The summed E-state index contributed by atoms with van der Waals surface area (Å²) in [6.07, 6.45) is 1.77. The summed E-state index contributed by atoms with van der Waals surface area (Å²) in [7, 11) is 0. The number of fused-ring (bicyclic) bond motifs is 1. The van der Waals surface area contributed by atoms with Crippen molar-refractivity contribution in [2.75, 3.05) is 11.9 Å². The molecule has 5 nitrogen and oxygen atoms in total. The van der Waals surface area contributed by atoms with Crippen molar-refractivity contribution in [2.45, 2.75) is 20.4 Å². The van der Waals surface area contributed by atoms with Crippen LogP contribution in [0.2, 0.25) is 0 Å². The SMILES string of the molecule is CCOc1ccccc1CNc1nccc2[nH]nc(C)c12. The second-order valence-corrected chi connectivity index (χ2v) is 4.79. The van der Waals surface area contributed by atoms with E-state index >= 15 is 0 Å². The van der Waals surface area contributed by atoms with Crippen LogP contribution in [0.25, 0.3) is 10.9 Å². The molecule has 0 radical (unpaired) electrons. The summed E-state index contributed by atoms with van der Waals surface area (Å²) in [5, 5.41) is 11.6. The molecule has 0 bridgehead atoms. The molecule has 3 aromatic rings. The summed E-state index contributed by atoms with van der Waals surface area (Å²) in [6, 6.07) is 9.96. The van der Waals surface area contributed by atoms with Gasteiger partial charge in [-0.3, -0.25) is 5.10 Å². The zero-order valence-electron chi connectivity index (χ0n) is 12.2. The van der Waals surface area contributed by atoms with E-state index in [1.165, 1.54) is 0 Å². The Balaban J connectivity index is 1.85. The maximum atomic E-state index is 5.64. The molecule has 0 aliphatic rings. The zero-order chi connectivity index (χ0) is 14.7. The monoisotopic (exact) mass is 282 g/mol. The van der Waals surface area contributed by atoms with Crippen molar-refractivity contribution in [3.63, 3.8) is 0 Å². The molecule has 0 saturated heterocycles. The first-order valence-corrected chi connectivity index (χ1v) is 7.04. The summed E-state index contributed by atoms with van der Waals surface area (Å²) in [4.78, 5) is 4.42. The van der Waals surface area contributed by atoms with E-state index in [0.29, 0.717) is 13.2 Å². The molecule has 0 unspecified atom stereocenters. The lowest BCUT2D eigenvalue weighted by atomic mass is 10.2. The Morgan fingerprint density at radius 1 is 1.24 bits per heavy atom. The number of aromatic amines is 1. The lowest BCUT2D eigenvalue weighted by Crippen LogP contribution is -2.04. The number of para-hydroxylation sites is 1. The van der Waals surface area contributed by atoms with E-state index < -0.39 is 0 Å². The molecular formula is C16H18N4O. The fourth-order valence-electron chi connectivity index (χ4n) is 2.38. The Labute approximate surface area is 123 Å². The molecule has 21 heavy (non-hydrogen) atoms. The fraction of sp³-hybridized carbons (Fsp3) is 0.250. The Bertz CT molecular complexity index is 751. The van der Waals surface area contributed by atoms with Crippen molar-refractivity contribution in [3.8, 4) is 5.75 Å². The van der Waals surface area contributed by atoms with Gasteiger partial charge in [-0.1, -0.05) is 18.2 Å². The highest BCUT2D eigenvalue weighted by atomic mass is 16.5. The Morgan fingerprint density at radius 3 is 2.95 bits per heavy atom. The van der Waals surface area contributed by atoms with E-state index in [2.05, 4.69) is 26.6 Å². The van der Waals surface area contributed by atoms with Gasteiger partial charge in [0.1, 0.15) is 11.6 Å². The summed E-state index contributed by atoms with van der Waals surface area (Å²) < 4.78 is 5.64. The molecule has 1 aromatic carbocycles. The Hall–Kier alpha value is -2.56. The Kier molecular flexibility index (Phi) is 3.73. The molecule has 2 heterocycles. The summed E-state index contributed by atoms with van der Waals surface area (Å²) in [5.41, 5.74) is 3.04. The first-order valence-electron chi connectivity index (χ1n) is 7.04. The number of aromatic nitrogens is 3. The second-order valence-electron chi connectivity index (χ2n) is 4.79. The normalized spacial score (nSPS) is 10.8. The van der Waals surface area contributed by atoms with E-state index in [1.807, 2.05) is 38.1 Å². The smallest absolute Gasteiger partial charge is 0.137 e. The van der Waals surface area contributed by atoms with E-state index in [1.54, 1.807) is 6.20 Å². The van der Waals surface area contributed by atoms with E-state index in [0.717, 1.165) is 33.7 Å². The van der Waals surface area contributed by atoms with Gasteiger partial charge in [0.25, 0.3) is 0 Å². The van der Waals surface area contributed by atoms with Gasteiger partial charge in [-0.2, -0.15) is 5.10 Å². The van der Waals surface area contributed by atoms with Crippen LogP contribution in [0.4, 0.5) is 5.82 Å². The summed E-state index contributed by atoms with van der Waals surface area (Å²) in [5.74, 6) is 1.74. The average molecular weight is 282 g/mol. The minimum absolute atomic E-state index is 0.658. The molecule has 0 atom stereocenters. The molecule has 108 valence electrons. The highest BCUT2D eigenvalue weighted by molar-refractivity contribution is 5.91. The molecule has 0 spiro atoms. The fourth-order valence-corrected chi connectivity index (χ4v) is 2.38. The predicted octanol–water partition coefficient (Wildman–Crippen LogP) is 3.28. The predicted molar refractivity (Wildman–Crippen MR) is 83.6 cm³/mol. The number of nitrogens with one attached hydrogen (secondary N) is 2. The minimum atomic E-state index is 0.658. The van der Waals surface area contributed by atoms with Crippen LogP contribution in [0.5, 0.6) is 5.75 Å². The van der Waals surface area contributed by atoms with Crippen LogP contribution >= 0.6 is 0 Å². The highest BCUT2D eigenvalue weighted by Crippen LogP contribution is 2.24. The molecule has 2 N–H and O–H groups in total. The number of benzene rings is 1. The number of ether oxygens (including phenoxy) is 1. The largest absolute Gasteiger partial charge is 0.494 e. The van der Waals surface area contributed by atoms with Gasteiger partial charge in [0.2, 0.25) is 0 Å². The quantitative estimate of drug-likeness (QED) is 0.754. The van der Waals surface area contributed by atoms with Crippen molar-refractivity contribution in [2.24, 2.45) is 0 Å². The van der Waals surface area contributed by atoms with Gasteiger partial charge in [0.05, 0.1) is 23.2 Å². The lowest BCUT2D eigenvalue weighted by Gasteiger charge is -2.11. The van der Waals surface area contributed by atoms with Gasteiger partial charge >= 0.3 is 0 Å². The topological polar surface area (TPSA) is 62.8 Å². The number of rotatable bonds is 5. The van der Waals surface area contributed by atoms with E-state index in [9.17, 15) is 0 Å². The van der Waals surface area contributed by atoms with E-state index in [4.69, 9.17) is 4.74 Å². The molecule has 3 rings (SSSR count). The molecule has 2 aromatic heterocycles. The van der Waals surface area contributed by atoms with Gasteiger partial charge in [-0.05, 0) is 26.0 Å². The molecule has 0 fully saturated rings. The van der Waals surface area contributed by atoms with Crippen LogP contribution in [0.15, 0.2) is 36.5 Å². The number of nitrogens with zero attached hydrogens (tertiary/aromatic N) is 2. The molecule has 0 aliphatic heterocycles. The van der Waals surface area contributed by atoms with Gasteiger partial charge in [-0.15, -0.1) is 0 Å². The van der Waals surface area contributed by atoms with Crippen molar-refractivity contribution < 1.29 is 4.74 Å². The van der Waals surface area contributed by atoms with Crippen molar-refractivity contribution in [1.29, 1.82) is 0 Å². The average Bonchev–Trinajstić information content (AvgIpc) is 2.89. The number of aryl methyl sites for hydroxylation is 1. The Morgan fingerprint density at radius 2 is 2.10 bits per heavy atom. The van der Waals surface area contributed by atoms with Crippen molar-refractivity contribution >= 4 is 16.7 Å². The number of pyridine rings is 1. The number of hydrogen-bond donors (Lipinski definition) is 2. The van der Waals surface area contributed by atoms with Crippen LogP contribution in [0.1, 0.15) is 18.2 Å². The number of anilines is 1. The maximum Gasteiger partial charge on any atom is 0.137 e. The molecule has 5 heteroatoms. The van der Waals surface area contributed by atoms with Crippen LogP contribution in [0.3, 0.4) is 0 Å². The van der Waals surface area contributed by atoms with Gasteiger partial charge in [0.15, 0.2) is 0 Å². The zero-order valence-corrected chi connectivity index (χ0v) is 12.2. The minimum Gasteiger partial charge on any atom is -0.494 e. The first-order chi connectivity index (χ1) is 10.3. The summed E-state index contributed by atoms with van der Waals surface area (Å²) >= 11 is 0. The van der Waals surface area contributed by atoms with Crippen LogP contribution in [-0.2, 0) is 6.54 Å². The van der Waals surface area contributed by atoms with Crippen molar-refractivity contribution in [1.82, 2.24) is 15.2 Å². The molecule has 0 amide bonds. The summed E-state index contributed by atoms with van der Waals surface area (Å²) in [6.45, 7) is 5.28. The third-order valence-corrected chi connectivity index (χ3v) is 3.38. The molecule has 0 aliphatic carbocycles. The van der Waals surface area contributed by atoms with Crippen LogP contribution in [0, 0.1) is 6.92 Å². The third kappa shape index (κ3) is 2.67. The first kappa shape index (κ1) is 13.4. The van der Waals surface area contributed by atoms with Gasteiger partial charge < -0.3 is 10.1 Å². The van der Waals surface area contributed by atoms with Crippen molar-refractivity contribution in [3.05, 3.63) is 47.8 Å². The number of H-pyrrole nitrogens is 1. The molecule has 0 saturated carbocycles. The highest BCUT2D eigenvalue weighted by Gasteiger charge is 2.09.